The van der Waals surface area contributed by atoms with Gasteiger partial charge in [0.1, 0.15) is 0 Å². The second-order valence-electron chi connectivity index (χ2n) is 4.17. The molecule has 3 rings (SSSR count). The van der Waals surface area contributed by atoms with Crippen LogP contribution in [0.25, 0.3) is 22.5 Å². The zero-order chi connectivity index (χ0) is 14.1. The highest BCUT2D eigenvalue weighted by atomic mass is 79.9. The Labute approximate surface area is 132 Å². The number of hydrogen-bond donors (Lipinski definition) is 1. The SMILES string of the molecule is Nc1noc(-c2cc(Br)cc(Br)c2)c1-c1ccncc1. The van der Waals surface area contributed by atoms with Crippen LogP contribution >= 0.6 is 31.9 Å². The molecular weight excluding hydrogens is 386 g/mol. The Morgan fingerprint density at radius 3 is 2.25 bits per heavy atom. The van der Waals surface area contributed by atoms with Crippen LogP contribution in [-0.4, -0.2) is 10.1 Å². The number of benzene rings is 1. The van der Waals surface area contributed by atoms with Crippen molar-refractivity contribution < 1.29 is 4.52 Å². The van der Waals surface area contributed by atoms with E-state index in [9.17, 15) is 0 Å². The third-order valence-corrected chi connectivity index (χ3v) is 3.73. The van der Waals surface area contributed by atoms with Gasteiger partial charge in [-0.3, -0.25) is 4.98 Å². The maximum absolute atomic E-state index is 5.94. The van der Waals surface area contributed by atoms with E-state index in [1.54, 1.807) is 12.4 Å². The lowest BCUT2D eigenvalue weighted by Crippen LogP contribution is -1.89. The molecule has 0 spiro atoms. The maximum atomic E-state index is 5.94. The lowest BCUT2D eigenvalue weighted by molar-refractivity contribution is 0.436. The van der Waals surface area contributed by atoms with E-state index in [1.165, 1.54) is 0 Å². The molecule has 0 aliphatic heterocycles. The molecule has 2 aromatic heterocycles. The van der Waals surface area contributed by atoms with Gasteiger partial charge in [-0.25, -0.2) is 0 Å². The molecule has 0 bridgehead atoms. The minimum absolute atomic E-state index is 0.363. The fourth-order valence-electron chi connectivity index (χ4n) is 1.98. The Morgan fingerprint density at radius 2 is 1.60 bits per heavy atom. The largest absolute Gasteiger partial charge is 0.380 e. The van der Waals surface area contributed by atoms with Gasteiger partial charge in [0.2, 0.25) is 0 Å². The quantitative estimate of drug-likeness (QED) is 0.694. The van der Waals surface area contributed by atoms with E-state index in [0.717, 1.165) is 25.6 Å². The first kappa shape index (κ1) is 13.3. The summed E-state index contributed by atoms with van der Waals surface area (Å²) in [5, 5.41) is 3.88. The number of rotatable bonds is 2. The van der Waals surface area contributed by atoms with Crippen LogP contribution in [0.15, 0.2) is 56.2 Å². The Balaban J connectivity index is 2.21. The van der Waals surface area contributed by atoms with Crippen LogP contribution in [-0.2, 0) is 0 Å². The van der Waals surface area contributed by atoms with Gasteiger partial charge in [-0.2, -0.15) is 0 Å². The summed E-state index contributed by atoms with van der Waals surface area (Å²) in [7, 11) is 0. The van der Waals surface area contributed by atoms with E-state index in [2.05, 4.69) is 42.0 Å². The van der Waals surface area contributed by atoms with Gasteiger partial charge < -0.3 is 10.3 Å². The summed E-state index contributed by atoms with van der Waals surface area (Å²) in [5.74, 6) is 0.998. The molecule has 0 aliphatic carbocycles. The first-order valence-electron chi connectivity index (χ1n) is 5.77. The first-order chi connectivity index (χ1) is 9.65. The average molecular weight is 395 g/mol. The van der Waals surface area contributed by atoms with Crippen molar-refractivity contribution in [2.45, 2.75) is 0 Å². The zero-order valence-corrected chi connectivity index (χ0v) is 13.3. The Bertz CT molecular complexity index is 736. The second-order valence-corrected chi connectivity index (χ2v) is 6.00. The highest BCUT2D eigenvalue weighted by Gasteiger charge is 2.18. The second kappa shape index (κ2) is 5.38. The van der Waals surface area contributed by atoms with Gasteiger partial charge in [0.05, 0.1) is 5.56 Å². The molecule has 0 amide bonds. The van der Waals surface area contributed by atoms with E-state index >= 15 is 0 Å². The van der Waals surface area contributed by atoms with E-state index in [-0.39, 0.29) is 0 Å². The molecule has 3 aromatic rings. The Kier molecular flexibility index (Phi) is 3.58. The van der Waals surface area contributed by atoms with Crippen molar-refractivity contribution in [3.05, 3.63) is 51.7 Å². The molecule has 100 valence electrons. The smallest absolute Gasteiger partial charge is 0.176 e. The summed E-state index contributed by atoms with van der Waals surface area (Å²) < 4.78 is 7.29. The van der Waals surface area contributed by atoms with E-state index in [4.69, 9.17) is 10.3 Å². The summed E-state index contributed by atoms with van der Waals surface area (Å²) in [5.41, 5.74) is 8.53. The standard InChI is InChI=1S/C14H9Br2N3O/c15-10-5-9(6-11(16)7-10)13-12(14(17)19-20-13)8-1-3-18-4-2-8/h1-7H,(H2,17,19). The van der Waals surface area contributed by atoms with Crippen LogP contribution in [0, 0.1) is 0 Å². The molecule has 0 atom stereocenters. The van der Waals surface area contributed by atoms with E-state index in [0.29, 0.717) is 11.6 Å². The summed E-state index contributed by atoms with van der Waals surface area (Å²) in [6.07, 6.45) is 3.42. The molecular formula is C14H9Br2N3O. The molecule has 0 saturated heterocycles. The normalized spacial score (nSPS) is 10.7. The highest BCUT2D eigenvalue weighted by Crippen LogP contribution is 2.38. The van der Waals surface area contributed by atoms with Gasteiger partial charge in [-0.05, 0) is 35.9 Å². The number of pyridine rings is 1. The summed E-state index contributed by atoms with van der Waals surface area (Å²) >= 11 is 6.93. The number of nitrogens with zero attached hydrogens (tertiary/aromatic N) is 2. The molecule has 4 nitrogen and oxygen atoms in total. The van der Waals surface area contributed by atoms with Crippen molar-refractivity contribution in [3.63, 3.8) is 0 Å². The molecule has 2 N–H and O–H groups in total. The number of nitrogens with two attached hydrogens (primary N) is 1. The predicted molar refractivity (Wildman–Crippen MR) is 85.0 cm³/mol. The van der Waals surface area contributed by atoms with Crippen LogP contribution in [0.2, 0.25) is 0 Å². The fraction of sp³-hybridized carbons (Fsp3) is 0. The number of halogens is 2. The Hall–Kier alpha value is -1.66. The third kappa shape index (κ3) is 2.48. The first-order valence-corrected chi connectivity index (χ1v) is 7.36. The number of anilines is 1. The van der Waals surface area contributed by atoms with Gasteiger partial charge in [-0.1, -0.05) is 37.0 Å². The van der Waals surface area contributed by atoms with E-state index in [1.807, 2.05) is 30.3 Å². The van der Waals surface area contributed by atoms with E-state index < -0.39 is 0 Å². The molecule has 2 heterocycles. The fourth-order valence-corrected chi connectivity index (χ4v) is 3.28. The number of hydrogen-bond acceptors (Lipinski definition) is 4. The topological polar surface area (TPSA) is 64.9 Å². The third-order valence-electron chi connectivity index (χ3n) is 2.81. The monoisotopic (exact) mass is 393 g/mol. The van der Waals surface area contributed by atoms with Gasteiger partial charge in [0.15, 0.2) is 11.6 Å². The van der Waals surface area contributed by atoms with Crippen molar-refractivity contribution >= 4 is 37.7 Å². The van der Waals surface area contributed by atoms with Crippen LogP contribution < -0.4 is 5.73 Å². The lowest BCUT2D eigenvalue weighted by atomic mass is 10.0. The van der Waals surface area contributed by atoms with Gasteiger partial charge in [0, 0.05) is 26.9 Å². The number of nitrogen functional groups attached to an aromatic ring is 1. The van der Waals surface area contributed by atoms with Crippen LogP contribution in [0.4, 0.5) is 5.82 Å². The minimum Gasteiger partial charge on any atom is -0.380 e. The maximum Gasteiger partial charge on any atom is 0.176 e. The molecule has 20 heavy (non-hydrogen) atoms. The highest BCUT2D eigenvalue weighted by molar-refractivity contribution is 9.11. The van der Waals surface area contributed by atoms with Crippen molar-refractivity contribution in [1.29, 1.82) is 0 Å². The minimum atomic E-state index is 0.363. The van der Waals surface area contributed by atoms with Crippen molar-refractivity contribution in [1.82, 2.24) is 10.1 Å². The molecule has 1 aromatic carbocycles. The molecule has 0 saturated carbocycles. The summed E-state index contributed by atoms with van der Waals surface area (Å²) in [4.78, 5) is 4.01. The van der Waals surface area contributed by atoms with Gasteiger partial charge in [0.25, 0.3) is 0 Å². The van der Waals surface area contributed by atoms with Gasteiger partial charge >= 0.3 is 0 Å². The molecule has 0 unspecified atom stereocenters. The molecule has 0 radical (unpaired) electrons. The number of aromatic nitrogens is 2. The summed E-state index contributed by atoms with van der Waals surface area (Å²) in [6.45, 7) is 0. The predicted octanol–water partition coefficient (Wildman–Crippen LogP) is 4.51. The molecule has 0 fully saturated rings. The average Bonchev–Trinajstić information content (AvgIpc) is 2.80. The van der Waals surface area contributed by atoms with Crippen molar-refractivity contribution in [3.8, 4) is 22.5 Å². The lowest BCUT2D eigenvalue weighted by Gasteiger charge is -2.04. The van der Waals surface area contributed by atoms with Crippen LogP contribution in [0.5, 0.6) is 0 Å². The Morgan fingerprint density at radius 1 is 0.950 bits per heavy atom. The summed E-state index contributed by atoms with van der Waals surface area (Å²) in [6, 6.07) is 9.61. The van der Waals surface area contributed by atoms with Crippen molar-refractivity contribution in [2.75, 3.05) is 5.73 Å². The van der Waals surface area contributed by atoms with Crippen LogP contribution in [0.3, 0.4) is 0 Å². The van der Waals surface area contributed by atoms with Gasteiger partial charge in [-0.15, -0.1) is 0 Å². The molecule has 6 heteroatoms. The zero-order valence-electron chi connectivity index (χ0n) is 10.2. The van der Waals surface area contributed by atoms with Crippen molar-refractivity contribution in [2.24, 2.45) is 0 Å². The van der Waals surface area contributed by atoms with Crippen LogP contribution in [0.1, 0.15) is 0 Å². The molecule has 0 aliphatic rings.